The van der Waals surface area contributed by atoms with Crippen molar-refractivity contribution < 1.29 is 0 Å². The van der Waals surface area contributed by atoms with E-state index in [1.165, 1.54) is 19.5 Å². The average molecular weight is 149 g/mol. The van der Waals surface area contributed by atoms with Gasteiger partial charge in [-0.3, -0.25) is 0 Å². The first-order valence-corrected chi connectivity index (χ1v) is 3.34. The molecule has 0 radical (unpaired) electrons. The van der Waals surface area contributed by atoms with Crippen molar-refractivity contribution >= 4 is 12.4 Å². The van der Waals surface area contributed by atoms with Gasteiger partial charge in [0.2, 0.25) is 0 Å². The summed E-state index contributed by atoms with van der Waals surface area (Å²) in [6.45, 7) is 3.74. The van der Waals surface area contributed by atoms with E-state index in [1.807, 2.05) is 0 Å². The van der Waals surface area contributed by atoms with Crippen LogP contribution in [0.4, 0.5) is 0 Å². The number of fused-ring (bicyclic) bond motifs is 2. The minimum atomic E-state index is 0. The van der Waals surface area contributed by atoms with Gasteiger partial charge in [0.25, 0.3) is 0 Å². The van der Waals surface area contributed by atoms with Crippen LogP contribution in [0.5, 0.6) is 0 Å². The predicted octanol–water partition coefficient (Wildman–Crippen LogP) is 0.0710. The minimum absolute atomic E-state index is 0. The monoisotopic (exact) mass is 148 g/mol. The lowest BCUT2D eigenvalue weighted by molar-refractivity contribution is 0.346. The van der Waals surface area contributed by atoms with Gasteiger partial charge in [-0.15, -0.1) is 12.4 Å². The molecular formula is C6H13ClN2. The van der Waals surface area contributed by atoms with Crippen LogP contribution in [-0.2, 0) is 0 Å². The topological polar surface area (TPSA) is 29.3 Å². The summed E-state index contributed by atoms with van der Waals surface area (Å²) in [6.07, 6.45) is 1.35. The fourth-order valence-electron chi connectivity index (χ4n) is 1.83. The van der Waals surface area contributed by atoms with E-state index in [1.54, 1.807) is 0 Å². The smallest absolute Gasteiger partial charge is 0.0209 e. The molecule has 9 heavy (non-hydrogen) atoms. The normalized spacial score (nSPS) is 47.0. The molecule has 0 spiro atoms. The molecule has 3 unspecified atom stereocenters. The lowest BCUT2D eigenvalue weighted by Gasteiger charge is -2.16. The van der Waals surface area contributed by atoms with Gasteiger partial charge in [-0.2, -0.15) is 0 Å². The molecule has 54 valence electrons. The molecule has 2 N–H and O–H groups in total. The molecule has 2 fully saturated rings. The first-order chi connectivity index (χ1) is 3.86. The molecule has 0 aliphatic carbocycles. The van der Waals surface area contributed by atoms with Crippen molar-refractivity contribution in [2.75, 3.05) is 19.6 Å². The summed E-state index contributed by atoms with van der Waals surface area (Å²) in [5.41, 5.74) is 5.78. The largest absolute Gasteiger partial charge is 0.326 e. The van der Waals surface area contributed by atoms with Gasteiger partial charge in [0.1, 0.15) is 0 Å². The van der Waals surface area contributed by atoms with Crippen molar-refractivity contribution in [2.24, 2.45) is 11.7 Å². The van der Waals surface area contributed by atoms with Crippen LogP contribution in [0, 0.1) is 5.92 Å². The molecule has 2 aliphatic rings. The van der Waals surface area contributed by atoms with E-state index in [9.17, 15) is 0 Å². The van der Waals surface area contributed by atoms with Crippen molar-refractivity contribution in [3.05, 3.63) is 0 Å². The van der Waals surface area contributed by atoms with Crippen LogP contribution in [-0.4, -0.2) is 30.6 Å². The van der Waals surface area contributed by atoms with Gasteiger partial charge in [0, 0.05) is 19.1 Å². The Labute approximate surface area is 61.8 Å². The number of nitrogens with two attached hydrogens (primary N) is 1. The third-order valence-corrected chi connectivity index (χ3v) is 2.38. The highest BCUT2D eigenvalue weighted by molar-refractivity contribution is 5.85. The van der Waals surface area contributed by atoms with Crippen molar-refractivity contribution in [1.82, 2.24) is 4.90 Å². The first kappa shape index (κ1) is 7.32. The van der Waals surface area contributed by atoms with Crippen LogP contribution in [0.3, 0.4) is 0 Å². The molecule has 2 heterocycles. The lowest BCUT2D eigenvalue weighted by atomic mass is 10.0. The first-order valence-electron chi connectivity index (χ1n) is 3.34. The van der Waals surface area contributed by atoms with Crippen LogP contribution in [0.25, 0.3) is 0 Å². The second-order valence-corrected chi connectivity index (χ2v) is 2.97. The van der Waals surface area contributed by atoms with Gasteiger partial charge in [-0.05, 0) is 18.9 Å². The fourth-order valence-corrected chi connectivity index (χ4v) is 1.83. The van der Waals surface area contributed by atoms with Gasteiger partial charge < -0.3 is 10.6 Å². The number of nitrogens with zero attached hydrogens (tertiary/aromatic N) is 1. The molecule has 0 amide bonds. The number of hydrogen-bond donors (Lipinski definition) is 1. The van der Waals surface area contributed by atoms with Crippen molar-refractivity contribution in [3.8, 4) is 0 Å². The third-order valence-electron chi connectivity index (χ3n) is 2.38. The van der Waals surface area contributed by atoms with E-state index in [0.717, 1.165) is 12.5 Å². The summed E-state index contributed by atoms with van der Waals surface area (Å²) in [5, 5.41) is 0. The van der Waals surface area contributed by atoms with E-state index in [-0.39, 0.29) is 12.4 Å². The van der Waals surface area contributed by atoms with E-state index >= 15 is 0 Å². The SMILES string of the molecule is Cl.NC1CN2CCC1C2. The summed E-state index contributed by atoms with van der Waals surface area (Å²) in [6, 6.07) is 0.503. The number of rotatable bonds is 0. The highest BCUT2D eigenvalue weighted by Crippen LogP contribution is 2.25. The maximum atomic E-state index is 5.78. The van der Waals surface area contributed by atoms with E-state index in [4.69, 9.17) is 5.73 Å². The zero-order valence-electron chi connectivity index (χ0n) is 5.42. The summed E-state index contributed by atoms with van der Waals surface area (Å²) in [4.78, 5) is 2.45. The Kier molecular flexibility index (Phi) is 1.99. The zero-order chi connectivity index (χ0) is 5.56. The summed E-state index contributed by atoms with van der Waals surface area (Å²) in [7, 11) is 0. The maximum absolute atomic E-state index is 5.78. The molecule has 2 rings (SSSR count). The molecular weight excluding hydrogens is 136 g/mol. The highest BCUT2D eigenvalue weighted by atomic mass is 35.5. The highest BCUT2D eigenvalue weighted by Gasteiger charge is 2.35. The van der Waals surface area contributed by atoms with Gasteiger partial charge in [0.15, 0.2) is 0 Å². The molecule has 0 aromatic carbocycles. The molecule has 0 saturated carbocycles. The molecule has 3 atom stereocenters. The molecule has 2 aliphatic heterocycles. The fraction of sp³-hybridized carbons (Fsp3) is 1.00. The number of halogens is 1. The number of hydrogen-bond acceptors (Lipinski definition) is 2. The molecule has 0 aromatic rings. The van der Waals surface area contributed by atoms with Crippen LogP contribution in [0.15, 0.2) is 0 Å². The van der Waals surface area contributed by atoms with E-state index in [2.05, 4.69) is 4.90 Å². The Morgan fingerprint density at radius 1 is 1.33 bits per heavy atom. The predicted molar refractivity (Wildman–Crippen MR) is 39.8 cm³/mol. The van der Waals surface area contributed by atoms with E-state index < -0.39 is 0 Å². The quantitative estimate of drug-likeness (QED) is 0.527. The summed E-state index contributed by atoms with van der Waals surface area (Å²) in [5.74, 6) is 0.843. The lowest BCUT2D eigenvalue weighted by Crippen LogP contribution is -2.34. The second-order valence-electron chi connectivity index (χ2n) is 2.97. The summed E-state index contributed by atoms with van der Waals surface area (Å²) >= 11 is 0. The van der Waals surface area contributed by atoms with Crippen LogP contribution < -0.4 is 5.73 Å². The van der Waals surface area contributed by atoms with Crippen LogP contribution in [0.2, 0.25) is 0 Å². The third kappa shape index (κ3) is 1.07. The molecule has 2 bridgehead atoms. The molecule has 0 aromatic heterocycles. The Morgan fingerprint density at radius 2 is 2.11 bits per heavy atom. The van der Waals surface area contributed by atoms with Crippen molar-refractivity contribution in [1.29, 1.82) is 0 Å². The van der Waals surface area contributed by atoms with E-state index in [0.29, 0.717) is 6.04 Å². The van der Waals surface area contributed by atoms with Gasteiger partial charge in [-0.25, -0.2) is 0 Å². The van der Waals surface area contributed by atoms with Crippen LogP contribution >= 0.6 is 12.4 Å². The Morgan fingerprint density at radius 3 is 2.33 bits per heavy atom. The van der Waals surface area contributed by atoms with Crippen LogP contribution in [0.1, 0.15) is 6.42 Å². The molecule has 2 nitrogen and oxygen atoms in total. The average Bonchev–Trinajstić information content (AvgIpc) is 2.23. The second kappa shape index (κ2) is 2.45. The van der Waals surface area contributed by atoms with Gasteiger partial charge in [0.05, 0.1) is 0 Å². The molecule has 3 heteroatoms. The Bertz CT molecular complexity index is 105. The maximum Gasteiger partial charge on any atom is 0.0209 e. The minimum Gasteiger partial charge on any atom is -0.326 e. The number of piperidine rings is 1. The van der Waals surface area contributed by atoms with Gasteiger partial charge in [-0.1, -0.05) is 0 Å². The van der Waals surface area contributed by atoms with Gasteiger partial charge >= 0.3 is 0 Å². The van der Waals surface area contributed by atoms with Crippen molar-refractivity contribution in [2.45, 2.75) is 12.5 Å². The summed E-state index contributed by atoms with van der Waals surface area (Å²) < 4.78 is 0. The van der Waals surface area contributed by atoms with Crippen molar-refractivity contribution in [3.63, 3.8) is 0 Å². The Hall–Kier alpha value is 0.210. The molecule has 2 saturated heterocycles. The standard InChI is InChI=1S/C6H12N2.ClH/c7-6-4-8-2-1-5(6)3-8;/h5-6H,1-4,7H2;1H. The zero-order valence-corrected chi connectivity index (χ0v) is 6.23. The Balaban J connectivity index is 0.000000405.